The summed E-state index contributed by atoms with van der Waals surface area (Å²) in [5.41, 5.74) is 11.8. The molecule has 244 valence electrons. The number of likely N-dealkylation sites (tertiary alicyclic amines) is 1. The van der Waals surface area contributed by atoms with Gasteiger partial charge in [-0.2, -0.15) is 0 Å². The lowest BCUT2D eigenvalue weighted by Crippen LogP contribution is -2.44. The number of nitrogens with two attached hydrogens (primary N) is 1. The van der Waals surface area contributed by atoms with Gasteiger partial charge in [-0.05, 0) is 78.1 Å². The monoisotopic (exact) mass is 627 g/mol. The van der Waals surface area contributed by atoms with E-state index in [4.69, 9.17) is 20.2 Å². The van der Waals surface area contributed by atoms with E-state index in [1.165, 1.54) is 6.20 Å². The number of ether oxygens (including phenoxy) is 2. The molecule has 1 atom stereocenters. The van der Waals surface area contributed by atoms with Crippen LogP contribution in [0.1, 0.15) is 63.4 Å². The number of fused-ring (bicyclic) bond motifs is 1. The molecule has 2 aromatic heterocycles. The van der Waals surface area contributed by atoms with Crippen LogP contribution < -0.4 is 16.0 Å². The molecule has 1 saturated heterocycles. The van der Waals surface area contributed by atoms with Crippen molar-refractivity contribution < 1.29 is 19.1 Å². The van der Waals surface area contributed by atoms with Gasteiger partial charge in [-0.25, -0.2) is 19.6 Å². The summed E-state index contributed by atoms with van der Waals surface area (Å²) < 4.78 is 13.2. The number of likely N-dealkylation sites (N-methyl/N-ethyl adjacent to an activating group) is 1. The van der Waals surface area contributed by atoms with Crippen molar-refractivity contribution in [3.05, 3.63) is 59.9 Å². The van der Waals surface area contributed by atoms with Crippen LogP contribution in [0, 0.1) is 6.92 Å². The molecular formula is C35H45N7O4. The summed E-state index contributed by atoms with van der Waals surface area (Å²) in [6, 6.07) is 11.9. The highest BCUT2D eigenvalue weighted by Gasteiger charge is 2.33. The van der Waals surface area contributed by atoms with Crippen LogP contribution in [0.15, 0.2) is 48.8 Å². The van der Waals surface area contributed by atoms with Crippen LogP contribution in [0.2, 0.25) is 0 Å². The SMILES string of the molecule is Cc1cc(N(C)C[C@H]2CCCN2C(=O)OC(C)(C)C)c(N)cc1Nc1ncc(C(=O)OC(C)C)c(-c2cn(C)c3ccccc23)n1. The van der Waals surface area contributed by atoms with E-state index in [2.05, 4.69) is 15.2 Å². The lowest BCUT2D eigenvalue weighted by atomic mass is 10.1. The molecule has 3 heterocycles. The molecular weight excluding hydrogens is 582 g/mol. The minimum Gasteiger partial charge on any atom is -0.459 e. The third kappa shape index (κ3) is 7.03. The maximum Gasteiger partial charge on any atom is 0.410 e. The lowest BCUT2D eigenvalue weighted by molar-refractivity contribution is 0.0231. The Balaban J connectivity index is 1.41. The first kappa shape index (κ1) is 32.6. The van der Waals surface area contributed by atoms with Gasteiger partial charge in [0.05, 0.1) is 29.2 Å². The van der Waals surface area contributed by atoms with Gasteiger partial charge in [-0.1, -0.05) is 18.2 Å². The first-order valence-corrected chi connectivity index (χ1v) is 15.7. The molecule has 3 N–H and O–H groups in total. The maximum atomic E-state index is 13.1. The molecule has 1 aliphatic rings. The van der Waals surface area contributed by atoms with E-state index in [1.807, 2.05) is 108 Å². The lowest BCUT2D eigenvalue weighted by Gasteiger charge is -2.32. The van der Waals surface area contributed by atoms with Gasteiger partial charge in [-0.3, -0.25) is 0 Å². The summed E-state index contributed by atoms with van der Waals surface area (Å²) in [7, 11) is 3.95. The van der Waals surface area contributed by atoms with E-state index in [0.29, 0.717) is 30.4 Å². The minimum atomic E-state index is -0.544. The van der Waals surface area contributed by atoms with E-state index >= 15 is 0 Å². The van der Waals surface area contributed by atoms with Gasteiger partial charge in [0.1, 0.15) is 11.2 Å². The van der Waals surface area contributed by atoms with Crippen LogP contribution in [0.25, 0.3) is 22.2 Å². The van der Waals surface area contributed by atoms with Crippen LogP contribution in [0.4, 0.5) is 27.8 Å². The number of aromatic nitrogens is 3. The number of carbonyl (C=O) groups excluding carboxylic acids is 2. The summed E-state index contributed by atoms with van der Waals surface area (Å²) in [5.74, 6) is -0.156. The topological polar surface area (TPSA) is 128 Å². The molecule has 0 saturated carbocycles. The number of carbonyl (C=O) groups is 2. The molecule has 11 heteroatoms. The van der Waals surface area contributed by atoms with Crippen molar-refractivity contribution in [3.63, 3.8) is 0 Å². The van der Waals surface area contributed by atoms with Crippen LogP contribution >= 0.6 is 0 Å². The average Bonchev–Trinajstić information content (AvgIpc) is 3.57. The number of nitrogen functional groups attached to an aromatic ring is 1. The Morgan fingerprint density at radius 2 is 1.93 bits per heavy atom. The fraction of sp³-hybridized carbons (Fsp3) is 0.429. The van der Waals surface area contributed by atoms with Gasteiger partial charge in [0, 0.05) is 61.7 Å². The Morgan fingerprint density at radius 1 is 1.20 bits per heavy atom. The molecule has 0 spiro atoms. The van der Waals surface area contributed by atoms with E-state index in [-0.39, 0.29) is 23.8 Å². The highest BCUT2D eigenvalue weighted by atomic mass is 16.6. The van der Waals surface area contributed by atoms with Crippen molar-refractivity contribution in [1.82, 2.24) is 19.4 Å². The first-order chi connectivity index (χ1) is 21.7. The number of hydrogen-bond donors (Lipinski definition) is 2. The van der Waals surface area contributed by atoms with Gasteiger partial charge in [-0.15, -0.1) is 0 Å². The van der Waals surface area contributed by atoms with Gasteiger partial charge in [0.25, 0.3) is 0 Å². The summed E-state index contributed by atoms with van der Waals surface area (Å²) in [4.78, 5) is 39.2. The number of benzene rings is 2. The van der Waals surface area contributed by atoms with Crippen molar-refractivity contribution >= 4 is 46.0 Å². The van der Waals surface area contributed by atoms with E-state index in [1.54, 1.807) is 0 Å². The van der Waals surface area contributed by atoms with Crippen molar-refractivity contribution in [2.45, 2.75) is 72.1 Å². The Morgan fingerprint density at radius 3 is 2.65 bits per heavy atom. The third-order valence-electron chi connectivity index (χ3n) is 8.02. The number of rotatable bonds is 8. The standard InChI is InChI=1S/C35H45N7O4/c1-21(2)45-32(43)25-18-37-33(39-31(25)26-20-41(8)29-14-10-9-13-24(26)29)38-28-17-27(36)30(16-22(28)3)40(7)19-23-12-11-15-42(23)34(44)46-35(4,5)6/h9-10,13-14,16-18,20-21,23H,11-12,15,19,36H2,1-8H3,(H,37,38,39)/t23-/m1/s1. The normalized spacial score (nSPS) is 15.0. The van der Waals surface area contributed by atoms with Crippen molar-refractivity contribution in [2.24, 2.45) is 7.05 Å². The zero-order chi connectivity index (χ0) is 33.3. The van der Waals surface area contributed by atoms with Crippen molar-refractivity contribution in [1.29, 1.82) is 0 Å². The van der Waals surface area contributed by atoms with Gasteiger partial charge in [0.15, 0.2) is 0 Å². The summed E-state index contributed by atoms with van der Waals surface area (Å²) in [5, 5.41) is 4.29. The fourth-order valence-electron chi connectivity index (χ4n) is 5.90. The zero-order valence-electron chi connectivity index (χ0n) is 28.0. The molecule has 2 aromatic carbocycles. The van der Waals surface area contributed by atoms with Gasteiger partial charge >= 0.3 is 12.1 Å². The van der Waals surface area contributed by atoms with Crippen LogP contribution in [-0.2, 0) is 16.5 Å². The van der Waals surface area contributed by atoms with Gasteiger partial charge < -0.3 is 34.9 Å². The Bertz CT molecular complexity index is 1760. The van der Waals surface area contributed by atoms with Crippen LogP contribution in [-0.4, -0.2) is 69.4 Å². The Labute approximate surface area is 270 Å². The van der Waals surface area contributed by atoms with E-state index < -0.39 is 11.6 Å². The van der Waals surface area contributed by atoms with Crippen molar-refractivity contribution in [3.8, 4) is 11.3 Å². The predicted molar refractivity (Wildman–Crippen MR) is 183 cm³/mol. The molecule has 0 bridgehead atoms. The molecule has 0 aliphatic carbocycles. The number of nitrogens with one attached hydrogen (secondary N) is 1. The van der Waals surface area contributed by atoms with E-state index in [9.17, 15) is 9.59 Å². The number of nitrogens with zero attached hydrogens (tertiary/aromatic N) is 5. The molecule has 1 fully saturated rings. The molecule has 0 unspecified atom stereocenters. The second kappa shape index (κ2) is 12.9. The zero-order valence-corrected chi connectivity index (χ0v) is 28.0. The fourth-order valence-corrected chi connectivity index (χ4v) is 5.90. The Hall–Kier alpha value is -4.80. The number of anilines is 4. The first-order valence-electron chi connectivity index (χ1n) is 15.7. The molecule has 1 amide bonds. The molecule has 11 nitrogen and oxygen atoms in total. The van der Waals surface area contributed by atoms with E-state index in [0.717, 1.165) is 46.2 Å². The highest BCUT2D eigenvalue weighted by Crippen LogP contribution is 2.35. The van der Waals surface area contributed by atoms with Crippen molar-refractivity contribution in [2.75, 3.05) is 36.1 Å². The molecule has 4 aromatic rings. The maximum absolute atomic E-state index is 13.1. The van der Waals surface area contributed by atoms with Crippen LogP contribution in [0.3, 0.4) is 0 Å². The summed E-state index contributed by atoms with van der Waals surface area (Å²) >= 11 is 0. The molecule has 0 radical (unpaired) electrons. The summed E-state index contributed by atoms with van der Waals surface area (Å²) in [6.07, 6.45) is 4.74. The quantitative estimate of drug-likeness (QED) is 0.163. The number of hydrogen-bond acceptors (Lipinski definition) is 9. The molecule has 1 aliphatic heterocycles. The number of para-hydroxylation sites is 1. The third-order valence-corrected chi connectivity index (χ3v) is 8.02. The molecule has 5 rings (SSSR count). The second-order valence-corrected chi connectivity index (χ2v) is 13.3. The summed E-state index contributed by atoms with van der Waals surface area (Å²) in [6.45, 7) is 12.6. The van der Waals surface area contributed by atoms with Crippen LogP contribution in [0.5, 0.6) is 0 Å². The smallest absolute Gasteiger partial charge is 0.410 e. The molecule has 46 heavy (non-hydrogen) atoms. The average molecular weight is 628 g/mol. The second-order valence-electron chi connectivity index (χ2n) is 13.3. The highest BCUT2D eigenvalue weighted by molar-refractivity contribution is 6.03. The van der Waals surface area contributed by atoms with Gasteiger partial charge in [0.2, 0.25) is 5.95 Å². The predicted octanol–water partition coefficient (Wildman–Crippen LogP) is 6.67. The number of amides is 1. The minimum absolute atomic E-state index is 0.0270. The number of esters is 1. The number of aryl methyl sites for hydroxylation is 2. The largest absolute Gasteiger partial charge is 0.459 e. The Kier molecular flexibility index (Phi) is 9.14.